The first-order valence-corrected chi connectivity index (χ1v) is 8.27. The van der Waals surface area contributed by atoms with E-state index in [1.165, 1.54) is 5.56 Å². The Balaban J connectivity index is 2.02. The Hall–Kier alpha value is -0.880. The lowest BCUT2D eigenvalue weighted by Gasteiger charge is -2.06. The number of benzene rings is 1. The Morgan fingerprint density at radius 3 is 2.72 bits per heavy atom. The van der Waals surface area contributed by atoms with Gasteiger partial charge in [0.2, 0.25) is 0 Å². The van der Waals surface area contributed by atoms with E-state index in [0.29, 0.717) is 0 Å². The molecule has 2 aliphatic carbocycles. The molecule has 1 aromatic carbocycles. The summed E-state index contributed by atoms with van der Waals surface area (Å²) in [7, 11) is -3.54. The van der Waals surface area contributed by atoms with Crippen molar-refractivity contribution in [3.8, 4) is 0 Å². The molecular weight excluding hydrogens is 318 g/mol. The lowest BCUT2D eigenvalue weighted by Crippen LogP contribution is -2.03. The molecule has 0 N–H and O–H groups in total. The van der Waals surface area contributed by atoms with Crippen LogP contribution in [0.2, 0.25) is 0 Å². The van der Waals surface area contributed by atoms with E-state index in [2.05, 4.69) is 31.4 Å². The largest absolute Gasteiger partial charge is 0.325 e. The van der Waals surface area contributed by atoms with E-state index < -0.39 is 10.1 Å². The number of hydrogen-bond donors (Lipinski definition) is 0. The fraction of sp³-hybridized carbons (Fsp3) is 0.417. The molecule has 96 valence electrons. The molecule has 2 aliphatic rings. The summed E-state index contributed by atoms with van der Waals surface area (Å²) in [5.74, 6) is 0. The Morgan fingerprint density at radius 1 is 1.39 bits per heavy atom. The predicted molar refractivity (Wildman–Crippen MR) is 72.1 cm³/mol. The van der Waals surface area contributed by atoms with Gasteiger partial charge in [0.15, 0.2) is 0 Å². The van der Waals surface area contributed by atoms with E-state index in [4.69, 9.17) is 0 Å². The highest BCUT2D eigenvalue weighted by atomic mass is 79.9. The zero-order chi connectivity index (χ0) is 13.0. The Bertz CT molecular complexity index is 647. The minimum Gasteiger partial charge on any atom is -0.268 e. The lowest BCUT2D eigenvalue weighted by molar-refractivity contribution is 0.342. The summed E-state index contributed by atoms with van der Waals surface area (Å²) < 4.78 is 27.6. The van der Waals surface area contributed by atoms with Crippen LogP contribution in [0.15, 0.2) is 27.8 Å². The van der Waals surface area contributed by atoms with Crippen molar-refractivity contribution in [2.24, 2.45) is 5.16 Å². The van der Waals surface area contributed by atoms with Gasteiger partial charge in [-0.1, -0.05) is 27.2 Å². The molecule has 0 heterocycles. The second-order valence-corrected chi connectivity index (χ2v) is 7.44. The van der Waals surface area contributed by atoms with Gasteiger partial charge in [-0.15, -0.1) is 0 Å². The standard InChI is InChI=1S/C12H12BrNO3S/c1-18(15,16)17-14-11-7-12(4-5-12)10-6-8(13)2-3-9(10)11/h2-3,6H,4-5,7H2,1H3. The third-order valence-electron chi connectivity index (χ3n) is 3.51. The minimum atomic E-state index is -3.54. The van der Waals surface area contributed by atoms with Crippen LogP contribution in [-0.2, 0) is 19.8 Å². The second-order valence-electron chi connectivity index (χ2n) is 4.96. The fourth-order valence-electron chi connectivity index (χ4n) is 2.51. The molecule has 0 aromatic heterocycles. The Morgan fingerprint density at radius 2 is 2.11 bits per heavy atom. The Kier molecular flexibility index (Phi) is 2.57. The maximum Gasteiger partial charge on any atom is 0.325 e. The molecule has 0 atom stereocenters. The highest BCUT2D eigenvalue weighted by Crippen LogP contribution is 2.57. The first kappa shape index (κ1) is 12.2. The molecule has 6 heteroatoms. The molecule has 0 aliphatic heterocycles. The van der Waals surface area contributed by atoms with Crippen LogP contribution in [0.25, 0.3) is 0 Å². The van der Waals surface area contributed by atoms with Gasteiger partial charge in [0.05, 0.1) is 12.0 Å². The molecule has 1 fully saturated rings. The van der Waals surface area contributed by atoms with Crippen molar-refractivity contribution in [1.82, 2.24) is 0 Å². The summed E-state index contributed by atoms with van der Waals surface area (Å²) in [4.78, 5) is 0. The molecule has 0 unspecified atom stereocenters. The van der Waals surface area contributed by atoms with E-state index in [0.717, 1.165) is 41.3 Å². The van der Waals surface area contributed by atoms with Crippen LogP contribution in [-0.4, -0.2) is 20.4 Å². The van der Waals surface area contributed by atoms with Gasteiger partial charge >= 0.3 is 10.1 Å². The monoisotopic (exact) mass is 329 g/mol. The van der Waals surface area contributed by atoms with Crippen LogP contribution in [0, 0.1) is 0 Å². The normalized spacial score (nSPS) is 22.2. The smallest absolute Gasteiger partial charge is 0.268 e. The van der Waals surface area contributed by atoms with Crippen molar-refractivity contribution in [3.63, 3.8) is 0 Å². The maximum absolute atomic E-state index is 11.0. The molecule has 3 rings (SSSR count). The number of fused-ring (bicyclic) bond motifs is 2. The van der Waals surface area contributed by atoms with Gasteiger partial charge in [-0.2, -0.15) is 8.42 Å². The topological polar surface area (TPSA) is 55.7 Å². The van der Waals surface area contributed by atoms with Gasteiger partial charge in [-0.3, -0.25) is 4.28 Å². The molecule has 0 radical (unpaired) electrons. The zero-order valence-electron chi connectivity index (χ0n) is 9.81. The van der Waals surface area contributed by atoms with E-state index in [1.54, 1.807) is 0 Å². The van der Waals surface area contributed by atoms with Crippen molar-refractivity contribution >= 4 is 31.8 Å². The lowest BCUT2D eigenvalue weighted by atomic mass is 9.99. The van der Waals surface area contributed by atoms with Crippen molar-refractivity contribution < 1.29 is 12.7 Å². The molecule has 0 saturated heterocycles. The highest BCUT2D eigenvalue weighted by molar-refractivity contribution is 9.10. The number of oxime groups is 1. The van der Waals surface area contributed by atoms with Crippen molar-refractivity contribution in [3.05, 3.63) is 33.8 Å². The van der Waals surface area contributed by atoms with Crippen molar-refractivity contribution in [2.75, 3.05) is 6.26 Å². The fourth-order valence-corrected chi connectivity index (χ4v) is 3.10. The van der Waals surface area contributed by atoms with Gasteiger partial charge in [-0.25, -0.2) is 0 Å². The number of nitrogens with zero attached hydrogens (tertiary/aromatic N) is 1. The number of halogens is 1. The molecule has 0 bridgehead atoms. The molecule has 0 amide bonds. The molecule has 18 heavy (non-hydrogen) atoms. The average Bonchev–Trinajstić information content (AvgIpc) is 2.97. The van der Waals surface area contributed by atoms with Crippen molar-refractivity contribution in [1.29, 1.82) is 0 Å². The van der Waals surface area contributed by atoms with Gasteiger partial charge in [0.1, 0.15) is 0 Å². The second kappa shape index (κ2) is 3.81. The van der Waals surface area contributed by atoms with Crippen LogP contribution in [0.1, 0.15) is 30.4 Å². The minimum absolute atomic E-state index is 0.179. The summed E-state index contributed by atoms with van der Waals surface area (Å²) >= 11 is 3.47. The molecule has 1 aromatic rings. The summed E-state index contributed by atoms with van der Waals surface area (Å²) in [6, 6.07) is 6.01. The molecule has 4 nitrogen and oxygen atoms in total. The van der Waals surface area contributed by atoms with Crippen molar-refractivity contribution in [2.45, 2.75) is 24.7 Å². The van der Waals surface area contributed by atoms with Gasteiger partial charge in [-0.05, 0) is 30.5 Å². The van der Waals surface area contributed by atoms with E-state index in [-0.39, 0.29) is 5.41 Å². The van der Waals surface area contributed by atoms with Crippen LogP contribution >= 0.6 is 15.9 Å². The van der Waals surface area contributed by atoms with Crippen LogP contribution in [0.3, 0.4) is 0 Å². The number of rotatable bonds is 2. The van der Waals surface area contributed by atoms with Crippen LogP contribution in [0.4, 0.5) is 0 Å². The van der Waals surface area contributed by atoms with E-state index in [1.807, 2.05) is 12.1 Å². The zero-order valence-corrected chi connectivity index (χ0v) is 12.2. The third-order valence-corrected chi connectivity index (χ3v) is 4.34. The average molecular weight is 330 g/mol. The van der Waals surface area contributed by atoms with Gasteiger partial charge in [0.25, 0.3) is 0 Å². The predicted octanol–water partition coefficient (Wildman–Crippen LogP) is 2.56. The third kappa shape index (κ3) is 2.07. The maximum atomic E-state index is 11.0. The van der Waals surface area contributed by atoms with E-state index >= 15 is 0 Å². The Labute approximate surface area is 114 Å². The van der Waals surface area contributed by atoms with E-state index in [9.17, 15) is 8.42 Å². The molecule has 1 spiro atoms. The van der Waals surface area contributed by atoms with Crippen LogP contribution < -0.4 is 0 Å². The van der Waals surface area contributed by atoms with Gasteiger partial charge in [0, 0.05) is 21.9 Å². The molecule has 1 saturated carbocycles. The number of hydrogen-bond acceptors (Lipinski definition) is 4. The SMILES string of the molecule is CS(=O)(=O)ON=C1CC2(CC2)c2cc(Br)ccc21. The first-order valence-electron chi connectivity index (χ1n) is 5.66. The summed E-state index contributed by atoms with van der Waals surface area (Å²) in [5.41, 5.74) is 3.19. The van der Waals surface area contributed by atoms with Crippen LogP contribution in [0.5, 0.6) is 0 Å². The first-order chi connectivity index (χ1) is 8.40. The van der Waals surface area contributed by atoms with Gasteiger partial charge < -0.3 is 0 Å². The quantitative estimate of drug-likeness (QED) is 0.783. The summed E-state index contributed by atoms with van der Waals surface area (Å²) in [5, 5.41) is 3.81. The highest BCUT2D eigenvalue weighted by Gasteiger charge is 2.51. The summed E-state index contributed by atoms with van der Waals surface area (Å²) in [6.07, 6.45) is 4.04. The summed E-state index contributed by atoms with van der Waals surface area (Å²) in [6.45, 7) is 0. The molecular formula is C12H12BrNO3S.